The standard InChI is InChI=1S/C10H12N6O/c1-6-8(11)9(16(2)15-6)14-10(17)7-3-4-12-13-5-7/h3-5H,11H2,1-2H3,(H,14,17). The molecule has 7 nitrogen and oxygen atoms in total. The highest BCUT2D eigenvalue weighted by molar-refractivity contribution is 6.05. The molecule has 88 valence electrons. The molecule has 2 heterocycles. The highest BCUT2D eigenvalue weighted by atomic mass is 16.1. The average Bonchev–Trinajstić information content (AvgIpc) is 2.57. The Labute approximate surface area is 97.6 Å². The molecule has 0 bridgehead atoms. The maximum absolute atomic E-state index is 11.9. The van der Waals surface area contributed by atoms with E-state index in [-0.39, 0.29) is 5.91 Å². The molecule has 0 aromatic carbocycles. The molecule has 17 heavy (non-hydrogen) atoms. The van der Waals surface area contributed by atoms with E-state index in [1.165, 1.54) is 17.1 Å². The van der Waals surface area contributed by atoms with Gasteiger partial charge in [0.2, 0.25) is 0 Å². The summed E-state index contributed by atoms with van der Waals surface area (Å²) in [5.41, 5.74) is 7.36. The third-order valence-electron chi connectivity index (χ3n) is 2.35. The number of aromatic nitrogens is 4. The molecule has 0 unspecified atom stereocenters. The number of nitrogens with zero attached hydrogens (tertiary/aromatic N) is 4. The summed E-state index contributed by atoms with van der Waals surface area (Å²) in [6.45, 7) is 1.78. The second-order valence-electron chi connectivity index (χ2n) is 3.56. The van der Waals surface area contributed by atoms with Crippen LogP contribution in [0.4, 0.5) is 11.5 Å². The van der Waals surface area contributed by atoms with Crippen LogP contribution in [0.15, 0.2) is 18.5 Å². The smallest absolute Gasteiger partial charge is 0.258 e. The van der Waals surface area contributed by atoms with E-state index >= 15 is 0 Å². The second-order valence-corrected chi connectivity index (χ2v) is 3.56. The van der Waals surface area contributed by atoms with E-state index in [0.29, 0.717) is 22.8 Å². The van der Waals surface area contributed by atoms with Gasteiger partial charge in [-0.3, -0.25) is 9.48 Å². The van der Waals surface area contributed by atoms with E-state index in [1.807, 2.05) is 0 Å². The van der Waals surface area contributed by atoms with Crippen LogP contribution in [0.25, 0.3) is 0 Å². The number of hydrogen-bond donors (Lipinski definition) is 2. The summed E-state index contributed by atoms with van der Waals surface area (Å²) in [7, 11) is 1.71. The van der Waals surface area contributed by atoms with Crippen molar-refractivity contribution in [2.24, 2.45) is 7.05 Å². The van der Waals surface area contributed by atoms with Gasteiger partial charge in [0, 0.05) is 7.05 Å². The molecule has 0 fully saturated rings. The van der Waals surface area contributed by atoms with Gasteiger partial charge in [0.25, 0.3) is 5.91 Å². The van der Waals surface area contributed by atoms with Gasteiger partial charge >= 0.3 is 0 Å². The number of nitrogens with one attached hydrogen (secondary N) is 1. The molecule has 2 rings (SSSR count). The van der Waals surface area contributed by atoms with Crippen LogP contribution in [-0.4, -0.2) is 25.9 Å². The fourth-order valence-corrected chi connectivity index (χ4v) is 1.43. The van der Waals surface area contributed by atoms with E-state index in [2.05, 4.69) is 20.6 Å². The largest absolute Gasteiger partial charge is 0.394 e. The fraction of sp³-hybridized carbons (Fsp3) is 0.200. The minimum atomic E-state index is -0.297. The minimum absolute atomic E-state index is 0.297. The quantitative estimate of drug-likeness (QED) is 0.778. The lowest BCUT2D eigenvalue weighted by Gasteiger charge is -2.05. The van der Waals surface area contributed by atoms with Crippen molar-refractivity contribution in [2.75, 3.05) is 11.1 Å². The molecule has 0 radical (unpaired) electrons. The first-order valence-electron chi connectivity index (χ1n) is 4.96. The number of nitrogens with two attached hydrogens (primary N) is 1. The Hall–Kier alpha value is -2.44. The number of amides is 1. The van der Waals surface area contributed by atoms with Crippen LogP contribution in [0, 0.1) is 6.92 Å². The van der Waals surface area contributed by atoms with Crippen LogP contribution in [0.3, 0.4) is 0 Å². The van der Waals surface area contributed by atoms with Crippen LogP contribution in [0.5, 0.6) is 0 Å². The van der Waals surface area contributed by atoms with Crippen molar-refractivity contribution in [3.05, 3.63) is 29.7 Å². The summed E-state index contributed by atoms with van der Waals surface area (Å²) in [6.07, 6.45) is 2.83. The van der Waals surface area contributed by atoms with Gasteiger partial charge < -0.3 is 11.1 Å². The van der Waals surface area contributed by atoms with E-state index < -0.39 is 0 Å². The van der Waals surface area contributed by atoms with E-state index in [4.69, 9.17) is 5.73 Å². The van der Waals surface area contributed by atoms with Crippen LogP contribution >= 0.6 is 0 Å². The summed E-state index contributed by atoms with van der Waals surface area (Å²) in [4.78, 5) is 11.9. The Morgan fingerprint density at radius 2 is 2.24 bits per heavy atom. The average molecular weight is 232 g/mol. The van der Waals surface area contributed by atoms with Crippen molar-refractivity contribution in [2.45, 2.75) is 6.92 Å². The molecule has 0 aliphatic heterocycles. The van der Waals surface area contributed by atoms with Gasteiger partial charge in [-0.15, -0.1) is 0 Å². The van der Waals surface area contributed by atoms with Crippen LogP contribution in [-0.2, 0) is 7.05 Å². The van der Waals surface area contributed by atoms with Crippen LogP contribution < -0.4 is 11.1 Å². The van der Waals surface area contributed by atoms with Crippen molar-refractivity contribution in [1.29, 1.82) is 0 Å². The lowest BCUT2D eigenvalue weighted by Crippen LogP contribution is -2.15. The first-order valence-corrected chi connectivity index (χ1v) is 4.96. The van der Waals surface area contributed by atoms with Gasteiger partial charge in [0.1, 0.15) is 0 Å². The molecule has 0 spiro atoms. The highest BCUT2D eigenvalue weighted by Gasteiger charge is 2.14. The summed E-state index contributed by atoms with van der Waals surface area (Å²) in [6, 6.07) is 1.57. The summed E-state index contributed by atoms with van der Waals surface area (Å²) in [5, 5.41) is 14.0. The maximum Gasteiger partial charge on any atom is 0.258 e. The number of carbonyl (C=O) groups is 1. The molecule has 0 aliphatic rings. The van der Waals surface area contributed by atoms with E-state index in [0.717, 1.165) is 0 Å². The zero-order valence-electron chi connectivity index (χ0n) is 9.51. The molecule has 0 saturated heterocycles. The first kappa shape index (κ1) is 11.1. The normalized spacial score (nSPS) is 10.2. The second kappa shape index (κ2) is 4.20. The first-order chi connectivity index (χ1) is 8.09. The van der Waals surface area contributed by atoms with Gasteiger partial charge in [-0.1, -0.05) is 0 Å². The number of nitrogen functional groups attached to an aromatic ring is 1. The lowest BCUT2D eigenvalue weighted by molar-refractivity contribution is 0.102. The monoisotopic (exact) mass is 232 g/mol. The Balaban J connectivity index is 2.25. The predicted octanol–water partition coefficient (Wildman–Crippen LogP) is 0.353. The molecule has 7 heteroatoms. The Bertz CT molecular complexity index is 547. The zero-order chi connectivity index (χ0) is 12.4. The van der Waals surface area contributed by atoms with E-state index in [9.17, 15) is 4.79 Å². The van der Waals surface area contributed by atoms with Gasteiger partial charge in [-0.2, -0.15) is 15.3 Å². The molecule has 1 amide bonds. The molecular weight excluding hydrogens is 220 g/mol. The Morgan fingerprint density at radius 3 is 2.76 bits per heavy atom. The topological polar surface area (TPSA) is 98.7 Å². The molecule has 2 aromatic heterocycles. The van der Waals surface area contributed by atoms with E-state index in [1.54, 1.807) is 20.0 Å². The number of anilines is 2. The van der Waals surface area contributed by atoms with Crippen molar-refractivity contribution >= 4 is 17.4 Å². The Morgan fingerprint density at radius 1 is 1.47 bits per heavy atom. The summed E-state index contributed by atoms with van der Waals surface area (Å²) in [5.74, 6) is 0.180. The predicted molar refractivity (Wildman–Crippen MR) is 62.3 cm³/mol. The SMILES string of the molecule is Cc1nn(C)c(NC(=O)c2ccnnc2)c1N. The lowest BCUT2D eigenvalue weighted by atomic mass is 10.3. The maximum atomic E-state index is 11.9. The Kier molecular flexibility index (Phi) is 2.73. The molecule has 0 saturated carbocycles. The number of carbonyl (C=O) groups excluding carboxylic acids is 1. The summed E-state index contributed by atoms with van der Waals surface area (Å²) >= 11 is 0. The van der Waals surface area contributed by atoms with Gasteiger partial charge in [0.05, 0.1) is 29.3 Å². The number of hydrogen-bond acceptors (Lipinski definition) is 5. The van der Waals surface area contributed by atoms with Crippen molar-refractivity contribution < 1.29 is 4.79 Å². The van der Waals surface area contributed by atoms with Crippen molar-refractivity contribution in [3.8, 4) is 0 Å². The van der Waals surface area contributed by atoms with Gasteiger partial charge in [-0.25, -0.2) is 0 Å². The molecule has 0 aliphatic carbocycles. The van der Waals surface area contributed by atoms with Crippen LogP contribution in [0.1, 0.15) is 16.1 Å². The highest BCUT2D eigenvalue weighted by Crippen LogP contribution is 2.21. The molecule has 3 N–H and O–H groups in total. The zero-order valence-corrected chi connectivity index (χ0v) is 9.51. The third kappa shape index (κ3) is 2.07. The van der Waals surface area contributed by atoms with Crippen molar-refractivity contribution in [1.82, 2.24) is 20.0 Å². The molecule has 0 atom stereocenters. The number of aryl methyl sites for hydroxylation is 2. The summed E-state index contributed by atoms with van der Waals surface area (Å²) < 4.78 is 1.52. The molecule has 2 aromatic rings. The fourth-order valence-electron chi connectivity index (χ4n) is 1.43. The van der Waals surface area contributed by atoms with Crippen molar-refractivity contribution in [3.63, 3.8) is 0 Å². The molecular formula is C10H12N6O. The van der Waals surface area contributed by atoms with Gasteiger partial charge in [0.15, 0.2) is 5.82 Å². The number of rotatable bonds is 2. The van der Waals surface area contributed by atoms with Gasteiger partial charge in [-0.05, 0) is 13.0 Å². The minimum Gasteiger partial charge on any atom is -0.394 e. The van der Waals surface area contributed by atoms with Crippen LogP contribution in [0.2, 0.25) is 0 Å². The third-order valence-corrected chi connectivity index (χ3v) is 2.35.